The normalized spacial score (nSPS) is 10.7. The number of carbonyl (C=O) groups is 1. The van der Waals surface area contributed by atoms with Crippen LogP contribution < -0.4 is 10.6 Å². The summed E-state index contributed by atoms with van der Waals surface area (Å²) in [6.07, 6.45) is 3.26. The molecular formula is C20H24N6O. The molecule has 7 heteroatoms. The first-order chi connectivity index (χ1) is 13.0. The van der Waals surface area contributed by atoms with E-state index in [0.29, 0.717) is 24.5 Å². The van der Waals surface area contributed by atoms with E-state index in [4.69, 9.17) is 0 Å². The molecule has 0 unspecified atom stereocenters. The Balaban J connectivity index is 1.55. The number of amides is 1. The predicted molar refractivity (Wildman–Crippen MR) is 105 cm³/mol. The van der Waals surface area contributed by atoms with Gasteiger partial charge in [0.05, 0.1) is 5.69 Å². The van der Waals surface area contributed by atoms with Crippen LogP contribution in [0, 0.1) is 27.7 Å². The Labute approximate surface area is 158 Å². The van der Waals surface area contributed by atoms with Gasteiger partial charge >= 0.3 is 0 Å². The number of hydrogen-bond donors (Lipinski definition) is 2. The van der Waals surface area contributed by atoms with E-state index in [-0.39, 0.29) is 5.91 Å². The van der Waals surface area contributed by atoms with Crippen LogP contribution in [0.2, 0.25) is 0 Å². The fraction of sp³-hybridized carbons (Fsp3) is 0.300. The van der Waals surface area contributed by atoms with Crippen molar-refractivity contribution in [3.05, 3.63) is 65.0 Å². The maximum absolute atomic E-state index is 12.2. The molecule has 140 valence electrons. The molecule has 1 amide bonds. The lowest BCUT2D eigenvalue weighted by Crippen LogP contribution is -2.29. The van der Waals surface area contributed by atoms with Gasteiger partial charge in [-0.05, 0) is 51.0 Å². The van der Waals surface area contributed by atoms with Gasteiger partial charge in [-0.25, -0.2) is 15.0 Å². The van der Waals surface area contributed by atoms with Gasteiger partial charge in [-0.15, -0.1) is 0 Å². The summed E-state index contributed by atoms with van der Waals surface area (Å²) in [6, 6.07) is 7.57. The van der Waals surface area contributed by atoms with Gasteiger partial charge in [0, 0.05) is 30.4 Å². The van der Waals surface area contributed by atoms with Gasteiger partial charge in [-0.3, -0.25) is 9.36 Å². The van der Waals surface area contributed by atoms with Gasteiger partial charge in [0.25, 0.3) is 5.91 Å². The van der Waals surface area contributed by atoms with Gasteiger partial charge in [-0.2, -0.15) is 0 Å². The van der Waals surface area contributed by atoms with Crippen LogP contribution in [0.3, 0.4) is 0 Å². The molecule has 0 atom stereocenters. The second kappa shape index (κ2) is 7.99. The molecule has 2 aromatic heterocycles. The zero-order valence-electron chi connectivity index (χ0n) is 16.1. The summed E-state index contributed by atoms with van der Waals surface area (Å²) in [5.41, 5.74) is 4.97. The van der Waals surface area contributed by atoms with Gasteiger partial charge in [0.15, 0.2) is 0 Å². The zero-order valence-corrected chi connectivity index (χ0v) is 16.1. The topological polar surface area (TPSA) is 84.7 Å². The molecule has 7 nitrogen and oxygen atoms in total. The first kappa shape index (κ1) is 18.6. The van der Waals surface area contributed by atoms with E-state index in [2.05, 4.69) is 25.6 Å². The molecule has 0 aliphatic heterocycles. The minimum Gasteiger partial charge on any atom is -0.368 e. The number of nitrogens with one attached hydrogen (secondary N) is 2. The Hall–Kier alpha value is -3.22. The quantitative estimate of drug-likeness (QED) is 0.657. The van der Waals surface area contributed by atoms with Crippen molar-refractivity contribution >= 4 is 11.7 Å². The molecule has 0 spiro atoms. The largest absolute Gasteiger partial charge is 0.368 e. The Bertz CT molecular complexity index is 963. The molecule has 3 rings (SSSR count). The van der Waals surface area contributed by atoms with Crippen LogP contribution in [0.15, 0.2) is 36.9 Å². The van der Waals surface area contributed by atoms with Crippen LogP contribution in [-0.4, -0.2) is 38.5 Å². The van der Waals surface area contributed by atoms with Crippen molar-refractivity contribution in [3.63, 3.8) is 0 Å². The monoisotopic (exact) mass is 364 g/mol. The third kappa shape index (κ3) is 4.31. The summed E-state index contributed by atoms with van der Waals surface area (Å²) in [5.74, 6) is 1.38. The van der Waals surface area contributed by atoms with Crippen molar-refractivity contribution in [1.29, 1.82) is 0 Å². The number of imidazole rings is 1. The van der Waals surface area contributed by atoms with E-state index in [9.17, 15) is 4.79 Å². The van der Waals surface area contributed by atoms with Crippen LogP contribution in [-0.2, 0) is 0 Å². The second-order valence-corrected chi connectivity index (χ2v) is 6.53. The van der Waals surface area contributed by atoms with Crippen molar-refractivity contribution in [2.45, 2.75) is 27.7 Å². The SMILES string of the molecule is Cc1ccc(C(=O)NCCNc2cc(-n3cnc(C)c3C)ncn2)cc1C. The first-order valence-electron chi connectivity index (χ1n) is 8.88. The lowest BCUT2D eigenvalue weighted by atomic mass is 10.1. The van der Waals surface area contributed by atoms with E-state index in [1.807, 2.05) is 56.5 Å². The molecule has 0 aliphatic carbocycles. The number of benzene rings is 1. The van der Waals surface area contributed by atoms with Gasteiger partial charge in [0.1, 0.15) is 24.3 Å². The third-order valence-corrected chi connectivity index (χ3v) is 4.64. The number of nitrogens with zero attached hydrogens (tertiary/aromatic N) is 4. The maximum atomic E-state index is 12.2. The minimum absolute atomic E-state index is 0.0761. The molecule has 3 aromatic rings. The Kier molecular flexibility index (Phi) is 5.49. The average molecular weight is 364 g/mol. The van der Waals surface area contributed by atoms with Crippen LogP contribution in [0.1, 0.15) is 32.9 Å². The summed E-state index contributed by atoms with van der Waals surface area (Å²) < 4.78 is 1.92. The smallest absolute Gasteiger partial charge is 0.251 e. The molecule has 2 heterocycles. The van der Waals surface area contributed by atoms with E-state index in [1.54, 1.807) is 6.33 Å². The summed E-state index contributed by atoms with van der Waals surface area (Å²) in [5, 5.41) is 6.12. The molecule has 27 heavy (non-hydrogen) atoms. The molecule has 0 saturated heterocycles. The number of rotatable bonds is 6. The Morgan fingerprint density at radius 2 is 1.81 bits per heavy atom. The number of hydrogen-bond acceptors (Lipinski definition) is 5. The molecule has 0 aliphatic rings. The standard InChI is InChI=1S/C20H24N6O/c1-13-5-6-17(9-14(13)2)20(27)22-8-7-21-18-10-19(24-11-23-18)26-12-25-15(3)16(26)4/h5-6,9-12H,7-8H2,1-4H3,(H,22,27)(H,21,23,24). The summed E-state index contributed by atoms with van der Waals surface area (Å²) in [7, 11) is 0. The molecule has 0 fully saturated rings. The van der Waals surface area contributed by atoms with Gasteiger partial charge < -0.3 is 10.6 Å². The second-order valence-electron chi connectivity index (χ2n) is 6.53. The van der Waals surface area contributed by atoms with Crippen molar-refractivity contribution in [1.82, 2.24) is 24.8 Å². The third-order valence-electron chi connectivity index (χ3n) is 4.64. The zero-order chi connectivity index (χ0) is 19.4. The van der Waals surface area contributed by atoms with Crippen LogP contribution in [0.4, 0.5) is 5.82 Å². The molecule has 0 saturated carbocycles. The van der Waals surface area contributed by atoms with E-state index in [1.165, 1.54) is 11.9 Å². The maximum Gasteiger partial charge on any atom is 0.251 e. The fourth-order valence-electron chi connectivity index (χ4n) is 2.66. The Morgan fingerprint density at radius 3 is 2.52 bits per heavy atom. The van der Waals surface area contributed by atoms with E-state index < -0.39 is 0 Å². The van der Waals surface area contributed by atoms with E-state index >= 15 is 0 Å². The lowest BCUT2D eigenvalue weighted by Gasteiger charge is -2.10. The van der Waals surface area contributed by atoms with E-state index in [0.717, 1.165) is 22.8 Å². The van der Waals surface area contributed by atoms with Crippen LogP contribution >= 0.6 is 0 Å². The number of aromatic nitrogens is 4. The first-order valence-corrected chi connectivity index (χ1v) is 8.88. The highest BCUT2D eigenvalue weighted by molar-refractivity contribution is 5.94. The van der Waals surface area contributed by atoms with Crippen molar-refractivity contribution in [2.24, 2.45) is 0 Å². The molecule has 0 bridgehead atoms. The molecule has 1 aromatic carbocycles. The highest BCUT2D eigenvalue weighted by atomic mass is 16.1. The highest BCUT2D eigenvalue weighted by Gasteiger charge is 2.08. The fourth-order valence-corrected chi connectivity index (χ4v) is 2.66. The summed E-state index contributed by atoms with van der Waals surface area (Å²) >= 11 is 0. The van der Waals surface area contributed by atoms with Crippen molar-refractivity contribution in [3.8, 4) is 5.82 Å². The number of carbonyl (C=O) groups excluding carboxylic acids is 1. The lowest BCUT2D eigenvalue weighted by molar-refractivity contribution is 0.0955. The van der Waals surface area contributed by atoms with Crippen LogP contribution in [0.5, 0.6) is 0 Å². The number of anilines is 1. The molecular weight excluding hydrogens is 340 g/mol. The predicted octanol–water partition coefficient (Wildman–Crippen LogP) is 2.74. The molecule has 2 N–H and O–H groups in total. The summed E-state index contributed by atoms with van der Waals surface area (Å²) in [6.45, 7) is 9.06. The number of aryl methyl sites for hydroxylation is 3. The van der Waals surface area contributed by atoms with Gasteiger partial charge in [0.2, 0.25) is 0 Å². The minimum atomic E-state index is -0.0761. The van der Waals surface area contributed by atoms with Crippen molar-refractivity contribution in [2.75, 3.05) is 18.4 Å². The van der Waals surface area contributed by atoms with Crippen molar-refractivity contribution < 1.29 is 4.79 Å². The summed E-state index contributed by atoms with van der Waals surface area (Å²) in [4.78, 5) is 25.0. The highest BCUT2D eigenvalue weighted by Crippen LogP contribution is 2.13. The average Bonchev–Trinajstić information content (AvgIpc) is 3.00. The Morgan fingerprint density at radius 1 is 1.00 bits per heavy atom. The van der Waals surface area contributed by atoms with Gasteiger partial charge in [-0.1, -0.05) is 6.07 Å². The molecule has 0 radical (unpaired) electrons. The van der Waals surface area contributed by atoms with Crippen LogP contribution in [0.25, 0.3) is 5.82 Å².